The van der Waals surface area contributed by atoms with Gasteiger partial charge in [-0.25, -0.2) is 8.42 Å². The molecule has 0 unspecified atom stereocenters. The van der Waals surface area contributed by atoms with Crippen LogP contribution in [0.15, 0.2) is 11.4 Å². The number of carboxylic acids is 1. The standard InChI is InChI=1S/C9H13NO4S2/c1-7-3-4-15-8(7)5-10(2)16(13,14)6-9(11)12/h3-4H,5-6H2,1-2H3,(H,11,12). The third kappa shape index (κ3) is 3.29. The van der Waals surface area contributed by atoms with Crippen LogP contribution in [0.4, 0.5) is 0 Å². The van der Waals surface area contributed by atoms with Crippen LogP contribution in [0.5, 0.6) is 0 Å². The lowest BCUT2D eigenvalue weighted by molar-refractivity contribution is -0.134. The summed E-state index contributed by atoms with van der Waals surface area (Å²) >= 11 is 1.46. The molecule has 0 aliphatic carbocycles. The Morgan fingerprint density at radius 1 is 1.56 bits per heavy atom. The molecule has 90 valence electrons. The topological polar surface area (TPSA) is 74.7 Å². The molecule has 0 amide bonds. The zero-order chi connectivity index (χ0) is 12.3. The number of hydrogen-bond acceptors (Lipinski definition) is 4. The maximum absolute atomic E-state index is 11.5. The predicted molar refractivity (Wildman–Crippen MR) is 61.9 cm³/mol. The Morgan fingerprint density at radius 2 is 2.19 bits per heavy atom. The highest BCUT2D eigenvalue weighted by molar-refractivity contribution is 7.89. The average Bonchev–Trinajstić information content (AvgIpc) is 2.49. The summed E-state index contributed by atoms with van der Waals surface area (Å²) in [5, 5.41) is 10.4. The highest BCUT2D eigenvalue weighted by Gasteiger charge is 2.22. The van der Waals surface area contributed by atoms with Gasteiger partial charge in [0.05, 0.1) is 0 Å². The van der Waals surface area contributed by atoms with Crippen molar-refractivity contribution in [2.24, 2.45) is 0 Å². The fourth-order valence-corrected chi connectivity index (χ4v) is 3.03. The number of carbonyl (C=O) groups is 1. The smallest absolute Gasteiger partial charge is 0.320 e. The van der Waals surface area contributed by atoms with Gasteiger partial charge in [0, 0.05) is 18.5 Å². The van der Waals surface area contributed by atoms with Gasteiger partial charge in [-0.2, -0.15) is 4.31 Å². The van der Waals surface area contributed by atoms with Crippen LogP contribution in [0.3, 0.4) is 0 Å². The number of thiophene rings is 1. The number of nitrogens with zero attached hydrogens (tertiary/aromatic N) is 1. The second kappa shape index (κ2) is 4.94. The van der Waals surface area contributed by atoms with Gasteiger partial charge >= 0.3 is 5.97 Å². The van der Waals surface area contributed by atoms with Crippen LogP contribution >= 0.6 is 11.3 Å². The van der Waals surface area contributed by atoms with E-state index >= 15 is 0 Å². The third-order valence-electron chi connectivity index (χ3n) is 2.12. The largest absolute Gasteiger partial charge is 0.480 e. The van der Waals surface area contributed by atoms with Gasteiger partial charge in [0.15, 0.2) is 5.75 Å². The van der Waals surface area contributed by atoms with Crippen molar-refractivity contribution in [3.05, 3.63) is 21.9 Å². The molecule has 5 nitrogen and oxygen atoms in total. The average molecular weight is 263 g/mol. The van der Waals surface area contributed by atoms with Crippen molar-refractivity contribution in [1.29, 1.82) is 0 Å². The molecule has 1 heterocycles. The van der Waals surface area contributed by atoms with E-state index in [-0.39, 0.29) is 6.54 Å². The molecule has 1 aromatic heterocycles. The molecule has 7 heteroatoms. The molecule has 0 fully saturated rings. The van der Waals surface area contributed by atoms with E-state index in [0.717, 1.165) is 14.7 Å². The van der Waals surface area contributed by atoms with E-state index in [2.05, 4.69) is 0 Å². The van der Waals surface area contributed by atoms with Crippen molar-refractivity contribution < 1.29 is 18.3 Å². The molecule has 0 saturated carbocycles. The Bertz CT molecular complexity index is 477. The molecule has 1 aromatic rings. The van der Waals surface area contributed by atoms with E-state index in [1.807, 2.05) is 18.4 Å². The van der Waals surface area contributed by atoms with Crippen molar-refractivity contribution in [3.8, 4) is 0 Å². The molecule has 0 radical (unpaired) electrons. The van der Waals surface area contributed by atoms with Gasteiger partial charge in [0.25, 0.3) is 0 Å². The maximum Gasteiger partial charge on any atom is 0.320 e. The number of hydrogen-bond donors (Lipinski definition) is 1. The monoisotopic (exact) mass is 263 g/mol. The Labute approximate surface area is 98.4 Å². The van der Waals surface area contributed by atoms with Crippen LogP contribution in [0.1, 0.15) is 10.4 Å². The van der Waals surface area contributed by atoms with Gasteiger partial charge in [-0.1, -0.05) is 0 Å². The zero-order valence-electron chi connectivity index (χ0n) is 9.00. The molecule has 1 rings (SSSR count). The Hall–Kier alpha value is -0.920. The van der Waals surface area contributed by atoms with Crippen LogP contribution in [-0.4, -0.2) is 36.6 Å². The molecule has 1 N–H and O–H groups in total. The molecule has 0 bridgehead atoms. The molecular weight excluding hydrogens is 250 g/mol. The quantitative estimate of drug-likeness (QED) is 0.856. The molecular formula is C9H13NO4S2. The Balaban J connectivity index is 2.76. The highest BCUT2D eigenvalue weighted by Crippen LogP contribution is 2.18. The Kier molecular flexibility index (Phi) is 4.06. The molecule has 0 aliphatic heterocycles. The summed E-state index contributed by atoms with van der Waals surface area (Å²) in [5.74, 6) is -2.21. The van der Waals surface area contributed by atoms with Crippen LogP contribution < -0.4 is 0 Å². The lowest BCUT2D eigenvalue weighted by Crippen LogP contribution is -2.31. The van der Waals surface area contributed by atoms with Gasteiger partial charge in [-0.3, -0.25) is 4.79 Å². The minimum absolute atomic E-state index is 0.221. The molecule has 0 aromatic carbocycles. The summed E-state index contributed by atoms with van der Waals surface area (Å²) in [4.78, 5) is 11.3. The van der Waals surface area contributed by atoms with E-state index in [9.17, 15) is 13.2 Å². The van der Waals surface area contributed by atoms with Crippen LogP contribution in [0.2, 0.25) is 0 Å². The van der Waals surface area contributed by atoms with Gasteiger partial charge in [0.2, 0.25) is 10.0 Å². The summed E-state index contributed by atoms with van der Waals surface area (Å²) in [6.07, 6.45) is 0. The number of rotatable bonds is 5. The number of aliphatic carboxylic acids is 1. The SMILES string of the molecule is Cc1ccsc1CN(C)S(=O)(=O)CC(=O)O. The van der Waals surface area contributed by atoms with Crippen molar-refractivity contribution in [1.82, 2.24) is 4.31 Å². The molecule has 0 atom stereocenters. The van der Waals surface area contributed by atoms with Crippen molar-refractivity contribution in [2.45, 2.75) is 13.5 Å². The van der Waals surface area contributed by atoms with E-state index in [0.29, 0.717) is 0 Å². The van der Waals surface area contributed by atoms with Gasteiger partial charge in [-0.15, -0.1) is 11.3 Å². The normalized spacial score (nSPS) is 11.9. The van der Waals surface area contributed by atoms with Crippen molar-refractivity contribution >= 4 is 27.3 Å². The summed E-state index contributed by atoms with van der Waals surface area (Å²) in [6.45, 7) is 2.11. The summed E-state index contributed by atoms with van der Waals surface area (Å²) in [5.41, 5.74) is 1.02. The minimum Gasteiger partial charge on any atom is -0.480 e. The first kappa shape index (κ1) is 13.1. The molecule has 16 heavy (non-hydrogen) atoms. The van der Waals surface area contributed by atoms with Crippen LogP contribution in [-0.2, 0) is 21.4 Å². The first-order valence-electron chi connectivity index (χ1n) is 4.51. The van der Waals surface area contributed by atoms with Crippen molar-refractivity contribution in [3.63, 3.8) is 0 Å². The number of aryl methyl sites for hydroxylation is 1. The number of sulfonamides is 1. The second-order valence-electron chi connectivity index (χ2n) is 3.43. The first-order chi connectivity index (χ1) is 7.33. The predicted octanol–water partition coefficient (Wildman–Crippen LogP) is 0.903. The van der Waals surface area contributed by atoms with Crippen LogP contribution in [0, 0.1) is 6.92 Å². The molecule has 0 saturated heterocycles. The van der Waals surface area contributed by atoms with E-state index in [1.165, 1.54) is 18.4 Å². The van der Waals surface area contributed by atoms with Gasteiger partial charge in [0.1, 0.15) is 0 Å². The Morgan fingerprint density at radius 3 is 2.62 bits per heavy atom. The third-order valence-corrected chi connectivity index (χ3v) is 4.81. The number of carboxylic acid groups (broad SMARTS) is 1. The van der Waals surface area contributed by atoms with Gasteiger partial charge < -0.3 is 5.11 Å². The zero-order valence-corrected chi connectivity index (χ0v) is 10.6. The fraction of sp³-hybridized carbons (Fsp3) is 0.444. The molecule has 0 spiro atoms. The lowest BCUT2D eigenvalue weighted by Gasteiger charge is -2.15. The minimum atomic E-state index is -3.71. The van der Waals surface area contributed by atoms with E-state index in [4.69, 9.17) is 5.11 Å². The highest BCUT2D eigenvalue weighted by atomic mass is 32.2. The lowest BCUT2D eigenvalue weighted by atomic mass is 10.3. The van der Waals surface area contributed by atoms with Crippen molar-refractivity contribution in [2.75, 3.05) is 12.8 Å². The maximum atomic E-state index is 11.5. The molecule has 0 aliphatic rings. The van der Waals surface area contributed by atoms with E-state index in [1.54, 1.807) is 0 Å². The fourth-order valence-electron chi connectivity index (χ4n) is 1.13. The second-order valence-corrected chi connectivity index (χ2v) is 6.51. The van der Waals surface area contributed by atoms with Crippen LogP contribution in [0.25, 0.3) is 0 Å². The van der Waals surface area contributed by atoms with E-state index < -0.39 is 21.7 Å². The summed E-state index contributed by atoms with van der Waals surface area (Å²) in [7, 11) is -2.33. The first-order valence-corrected chi connectivity index (χ1v) is 7.00. The summed E-state index contributed by atoms with van der Waals surface area (Å²) in [6, 6.07) is 1.90. The van der Waals surface area contributed by atoms with Gasteiger partial charge in [-0.05, 0) is 23.9 Å². The summed E-state index contributed by atoms with van der Waals surface area (Å²) < 4.78 is 24.1.